The number of carbonyl (C=O) groups excluding carboxylic acids is 1. The van der Waals surface area contributed by atoms with Crippen LogP contribution in [0.25, 0.3) is 0 Å². The predicted octanol–water partition coefficient (Wildman–Crippen LogP) is 1.26. The minimum absolute atomic E-state index is 0.136. The van der Waals surface area contributed by atoms with Crippen molar-refractivity contribution in [1.29, 1.82) is 0 Å². The van der Waals surface area contributed by atoms with E-state index in [2.05, 4.69) is 15.3 Å². The first-order chi connectivity index (χ1) is 9.95. The van der Waals surface area contributed by atoms with Crippen LogP contribution in [0, 0.1) is 6.92 Å². The summed E-state index contributed by atoms with van der Waals surface area (Å²) in [4.78, 5) is 19.9. The second kappa shape index (κ2) is 6.31. The topological polar surface area (TPSA) is 133 Å². The molecule has 0 saturated carbocycles. The molecule has 1 amide bonds. The van der Waals surface area contributed by atoms with Crippen LogP contribution in [-0.2, 0) is 4.79 Å². The van der Waals surface area contributed by atoms with E-state index >= 15 is 0 Å². The minimum Gasteiger partial charge on any atom is -0.397 e. The average Bonchev–Trinajstić information content (AvgIpc) is 2.40. The molecule has 1 heterocycles. The van der Waals surface area contributed by atoms with Gasteiger partial charge in [0, 0.05) is 6.07 Å². The van der Waals surface area contributed by atoms with Crippen LogP contribution >= 0.6 is 11.8 Å². The molecular formula is C13H16N6OS. The van der Waals surface area contributed by atoms with Crippen LogP contribution in [0.4, 0.5) is 23.0 Å². The number of hydrogen-bond donors (Lipinski definition) is 4. The van der Waals surface area contributed by atoms with Crippen molar-refractivity contribution in [2.24, 2.45) is 0 Å². The van der Waals surface area contributed by atoms with Crippen molar-refractivity contribution in [3.8, 4) is 0 Å². The van der Waals surface area contributed by atoms with Crippen molar-refractivity contribution in [2.75, 3.05) is 28.3 Å². The third kappa shape index (κ3) is 3.99. The van der Waals surface area contributed by atoms with Crippen LogP contribution in [0.15, 0.2) is 29.4 Å². The molecular weight excluding hydrogens is 288 g/mol. The summed E-state index contributed by atoms with van der Waals surface area (Å²) in [7, 11) is 0. The Balaban J connectivity index is 1.99. The zero-order valence-corrected chi connectivity index (χ0v) is 12.3. The first kappa shape index (κ1) is 14.9. The molecule has 1 aromatic heterocycles. The molecule has 0 bridgehead atoms. The molecule has 2 rings (SSSR count). The monoisotopic (exact) mass is 304 g/mol. The molecule has 8 heteroatoms. The van der Waals surface area contributed by atoms with Gasteiger partial charge in [0.15, 0.2) is 5.16 Å². The molecule has 1 aromatic carbocycles. The van der Waals surface area contributed by atoms with E-state index in [1.807, 2.05) is 19.1 Å². The number of thioether (sulfide) groups is 1. The number of amides is 1. The van der Waals surface area contributed by atoms with Crippen molar-refractivity contribution in [1.82, 2.24) is 9.97 Å². The number of nitrogen functional groups attached to an aromatic ring is 3. The Labute approximate surface area is 126 Å². The maximum absolute atomic E-state index is 12.0. The molecule has 0 saturated heterocycles. The van der Waals surface area contributed by atoms with Gasteiger partial charge in [0.05, 0.1) is 17.1 Å². The van der Waals surface area contributed by atoms with Gasteiger partial charge in [0.2, 0.25) is 5.91 Å². The standard InChI is InChI=1S/C13H16N6OS/c1-7-3-2-4-8(14)12(7)19-11(20)6-21-13-17-9(15)5-10(16)18-13/h2-5H,6,14H2,1H3,(H,19,20)(H4,15,16,17,18). The number of aromatic nitrogens is 2. The van der Waals surface area contributed by atoms with E-state index in [1.165, 1.54) is 6.07 Å². The maximum Gasteiger partial charge on any atom is 0.234 e. The Morgan fingerprint density at radius 3 is 2.52 bits per heavy atom. The molecule has 2 aromatic rings. The highest BCUT2D eigenvalue weighted by atomic mass is 32.2. The highest BCUT2D eigenvalue weighted by Crippen LogP contribution is 2.23. The number of aryl methyl sites for hydroxylation is 1. The molecule has 0 radical (unpaired) electrons. The Bertz CT molecular complexity index is 635. The summed E-state index contributed by atoms with van der Waals surface area (Å²) in [6.07, 6.45) is 0. The number of anilines is 4. The first-order valence-electron chi connectivity index (χ1n) is 6.13. The van der Waals surface area contributed by atoms with E-state index in [1.54, 1.807) is 6.07 Å². The third-order valence-electron chi connectivity index (χ3n) is 2.65. The Morgan fingerprint density at radius 1 is 1.24 bits per heavy atom. The number of hydrogen-bond acceptors (Lipinski definition) is 7. The quantitative estimate of drug-likeness (QED) is 0.379. The lowest BCUT2D eigenvalue weighted by atomic mass is 10.1. The smallest absolute Gasteiger partial charge is 0.234 e. The van der Waals surface area contributed by atoms with Gasteiger partial charge < -0.3 is 22.5 Å². The zero-order valence-electron chi connectivity index (χ0n) is 11.5. The molecule has 7 nitrogen and oxygen atoms in total. The molecule has 0 aliphatic carbocycles. The van der Waals surface area contributed by atoms with Crippen molar-refractivity contribution < 1.29 is 4.79 Å². The number of nitrogens with zero attached hydrogens (tertiary/aromatic N) is 2. The van der Waals surface area contributed by atoms with Gasteiger partial charge >= 0.3 is 0 Å². The Hall–Kier alpha value is -2.48. The lowest BCUT2D eigenvalue weighted by molar-refractivity contribution is -0.113. The van der Waals surface area contributed by atoms with Crippen LogP contribution in [0.5, 0.6) is 0 Å². The molecule has 0 unspecified atom stereocenters. The van der Waals surface area contributed by atoms with Crippen molar-refractivity contribution >= 4 is 40.7 Å². The molecule has 0 aliphatic heterocycles. The highest BCUT2D eigenvalue weighted by Gasteiger charge is 2.10. The van der Waals surface area contributed by atoms with Crippen LogP contribution in [0.3, 0.4) is 0 Å². The van der Waals surface area contributed by atoms with E-state index in [-0.39, 0.29) is 23.3 Å². The number of nitrogens with one attached hydrogen (secondary N) is 1. The fraction of sp³-hybridized carbons (Fsp3) is 0.154. The van der Waals surface area contributed by atoms with Crippen LogP contribution in [-0.4, -0.2) is 21.6 Å². The fourth-order valence-electron chi connectivity index (χ4n) is 1.69. The molecule has 0 aliphatic rings. The summed E-state index contributed by atoms with van der Waals surface area (Å²) in [6.45, 7) is 1.88. The normalized spacial score (nSPS) is 10.3. The molecule has 0 fully saturated rings. The zero-order chi connectivity index (χ0) is 15.4. The van der Waals surface area contributed by atoms with Gasteiger partial charge in [-0.3, -0.25) is 4.79 Å². The van der Waals surface area contributed by atoms with E-state index in [0.29, 0.717) is 16.5 Å². The van der Waals surface area contributed by atoms with Crippen molar-refractivity contribution in [2.45, 2.75) is 12.1 Å². The van der Waals surface area contributed by atoms with Crippen LogP contribution in [0.2, 0.25) is 0 Å². The van der Waals surface area contributed by atoms with Gasteiger partial charge in [-0.2, -0.15) is 0 Å². The van der Waals surface area contributed by atoms with Gasteiger partial charge in [-0.1, -0.05) is 23.9 Å². The van der Waals surface area contributed by atoms with Gasteiger partial charge in [0.1, 0.15) is 11.6 Å². The molecule has 0 atom stereocenters. The maximum atomic E-state index is 12.0. The van der Waals surface area contributed by atoms with Gasteiger partial charge in [-0.15, -0.1) is 0 Å². The van der Waals surface area contributed by atoms with Crippen LogP contribution < -0.4 is 22.5 Å². The molecule has 21 heavy (non-hydrogen) atoms. The summed E-state index contributed by atoms with van der Waals surface area (Å²) in [5.41, 5.74) is 19.0. The molecule has 7 N–H and O–H groups in total. The number of benzene rings is 1. The highest BCUT2D eigenvalue weighted by molar-refractivity contribution is 7.99. The fourth-order valence-corrected chi connectivity index (χ4v) is 2.37. The second-order valence-electron chi connectivity index (χ2n) is 4.38. The largest absolute Gasteiger partial charge is 0.397 e. The van der Waals surface area contributed by atoms with Crippen LogP contribution in [0.1, 0.15) is 5.56 Å². The van der Waals surface area contributed by atoms with E-state index in [9.17, 15) is 4.79 Å². The Kier molecular flexibility index (Phi) is 4.49. The van der Waals surface area contributed by atoms with Gasteiger partial charge in [-0.05, 0) is 18.6 Å². The first-order valence-corrected chi connectivity index (χ1v) is 7.12. The van der Waals surface area contributed by atoms with E-state index in [4.69, 9.17) is 17.2 Å². The number of para-hydroxylation sites is 1. The summed E-state index contributed by atoms with van der Waals surface area (Å²) >= 11 is 1.15. The summed E-state index contributed by atoms with van der Waals surface area (Å²) in [5.74, 6) is 0.476. The minimum atomic E-state index is -0.203. The Morgan fingerprint density at radius 2 is 1.90 bits per heavy atom. The van der Waals surface area contributed by atoms with Crippen molar-refractivity contribution in [3.63, 3.8) is 0 Å². The van der Waals surface area contributed by atoms with E-state index < -0.39 is 0 Å². The summed E-state index contributed by atoms with van der Waals surface area (Å²) in [5, 5.41) is 3.14. The second-order valence-corrected chi connectivity index (χ2v) is 5.32. The average molecular weight is 304 g/mol. The third-order valence-corrected chi connectivity index (χ3v) is 3.49. The lowest BCUT2D eigenvalue weighted by Crippen LogP contribution is -2.16. The number of nitrogens with two attached hydrogens (primary N) is 3. The summed E-state index contributed by atoms with van der Waals surface area (Å²) < 4.78 is 0. The number of rotatable bonds is 4. The molecule has 0 spiro atoms. The summed E-state index contributed by atoms with van der Waals surface area (Å²) in [6, 6.07) is 6.90. The molecule has 110 valence electrons. The van der Waals surface area contributed by atoms with E-state index in [0.717, 1.165) is 17.3 Å². The number of carbonyl (C=O) groups is 1. The lowest BCUT2D eigenvalue weighted by Gasteiger charge is -2.10. The SMILES string of the molecule is Cc1cccc(N)c1NC(=O)CSc1nc(N)cc(N)n1. The predicted molar refractivity (Wildman–Crippen MR) is 85.8 cm³/mol. The van der Waals surface area contributed by atoms with Gasteiger partial charge in [-0.25, -0.2) is 9.97 Å². The van der Waals surface area contributed by atoms with Crippen molar-refractivity contribution in [3.05, 3.63) is 29.8 Å². The van der Waals surface area contributed by atoms with Gasteiger partial charge in [0.25, 0.3) is 0 Å².